The Kier molecular flexibility index (Phi) is 7.46. The van der Waals surface area contributed by atoms with E-state index in [-0.39, 0.29) is 24.2 Å². The molecule has 156 valence electrons. The van der Waals surface area contributed by atoms with Crippen LogP contribution in [0.3, 0.4) is 0 Å². The fraction of sp³-hybridized carbons (Fsp3) is 0.240. The molecule has 0 saturated carbocycles. The lowest BCUT2D eigenvalue weighted by atomic mass is 10.1. The van der Waals surface area contributed by atoms with Crippen molar-refractivity contribution in [3.8, 4) is 11.5 Å². The minimum Gasteiger partial charge on any atom is -0.508 e. The van der Waals surface area contributed by atoms with Crippen molar-refractivity contribution in [2.75, 3.05) is 18.5 Å². The van der Waals surface area contributed by atoms with Gasteiger partial charge in [0.25, 0.3) is 0 Å². The van der Waals surface area contributed by atoms with Crippen molar-refractivity contribution in [2.24, 2.45) is 0 Å². The molecule has 0 aliphatic rings. The summed E-state index contributed by atoms with van der Waals surface area (Å²) in [7, 11) is 0. The van der Waals surface area contributed by atoms with Gasteiger partial charge in [0.05, 0.1) is 18.8 Å². The lowest BCUT2D eigenvalue weighted by molar-refractivity contribution is -0.118. The van der Waals surface area contributed by atoms with E-state index in [1.807, 2.05) is 78.6 Å². The number of hydrogen-bond donors (Lipinski definition) is 2. The molecule has 0 bridgehead atoms. The third-order valence-corrected chi connectivity index (χ3v) is 5.00. The Morgan fingerprint density at radius 2 is 1.67 bits per heavy atom. The number of carbonyl (C=O) groups is 1. The first-order chi connectivity index (χ1) is 14.6. The van der Waals surface area contributed by atoms with Crippen LogP contribution in [0.15, 0.2) is 78.9 Å². The number of benzene rings is 3. The molecule has 0 unspecified atom stereocenters. The molecule has 0 radical (unpaired) electrons. The maximum atomic E-state index is 12.9. The molecule has 1 atom stereocenters. The molecule has 3 rings (SSSR count). The quantitative estimate of drug-likeness (QED) is 0.527. The minimum atomic E-state index is -0.139. The van der Waals surface area contributed by atoms with Crippen molar-refractivity contribution in [3.05, 3.63) is 90.0 Å². The first-order valence-electron chi connectivity index (χ1n) is 10.2. The SMILES string of the molecule is CCOc1ccccc1NC(=O)CN(Cc1ccccc1O)[C@H](C)c1ccccc1. The fourth-order valence-corrected chi connectivity index (χ4v) is 3.36. The molecular weight excluding hydrogens is 376 g/mol. The number of para-hydroxylation sites is 3. The van der Waals surface area contributed by atoms with Crippen LogP contribution < -0.4 is 10.1 Å². The van der Waals surface area contributed by atoms with Crippen LogP contribution in [0.5, 0.6) is 11.5 Å². The average Bonchev–Trinajstić information content (AvgIpc) is 2.76. The van der Waals surface area contributed by atoms with E-state index in [2.05, 4.69) is 12.2 Å². The van der Waals surface area contributed by atoms with E-state index in [0.717, 1.165) is 11.1 Å². The summed E-state index contributed by atoms with van der Waals surface area (Å²) in [6.45, 7) is 5.12. The minimum absolute atomic E-state index is 0.0151. The van der Waals surface area contributed by atoms with E-state index in [0.29, 0.717) is 24.6 Å². The number of carbonyl (C=O) groups excluding carboxylic acids is 1. The Bertz CT molecular complexity index is 959. The summed E-state index contributed by atoms with van der Waals surface area (Å²) in [5, 5.41) is 13.2. The summed E-state index contributed by atoms with van der Waals surface area (Å²) in [5.74, 6) is 0.738. The first kappa shape index (κ1) is 21.4. The molecule has 0 fully saturated rings. The fourth-order valence-electron chi connectivity index (χ4n) is 3.36. The van der Waals surface area contributed by atoms with Gasteiger partial charge in [-0.05, 0) is 37.6 Å². The summed E-state index contributed by atoms with van der Waals surface area (Å²) in [6.07, 6.45) is 0. The van der Waals surface area contributed by atoms with Crippen molar-refractivity contribution in [1.29, 1.82) is 0 Å². The molecule has 5 nitrogen and oxygen atoms in total. The first-order valence-corrected chi connectivity index (χ1v) is 10.2. The molecule has 1 amide bonds. The van der Waals surface area contributed by atoms with Crippen LogP contribution in [0.25, 0.3) is 0 Å². The van der Waals surface area contributed by atoms with Crippen LogP contribution in [0.2, 0.25) is 0 Å². The molecule has 3 aromatic carbocycles. The van der Waals surface area contributed by atoms with Gasteiger partial charge in [-0.3, -0.25) is 9.69 Å². The maximum Gasteiger partial charge on any atom is 0.238 e. The highest BCUT2D eigenvalue weighted by molar-refractivity contribution is 5.93. The summed E-state index contributed by atoms with van der Waals surface area (Å²) >= 11 is 0. The second-order valence-electron chi connectivity index (χ2n) is 7.10. The van der Waals surface area contributed by atoms with Crippen LogP contribution in [0.4, 0.5) is 5.69 Å². The van der Waals surface area contributed by atoms with Gasteiger partial charge in [0.2, 0.25) is 5.91 Å². The van der Waals surface area contributed by atoms with Crippen molar-refractivity contribution in [2.45, 2.75) is 26.4 Å². The Balaban J connectivity index is 1.79. The lowest BCUT2D eigenvalue weighted by Gasteiger charge is -2.29. The zero-order valence-corrected chi connectivity index (χ0v) is 17.4. The van der Waals surface area contributed by atoms with Crippen LogP contribution in [-0.2, 0) is 11.3 Å². The molecule has 0 aliphatic heterocycles. The number of aromatic hydroxyl groups is 1. The van der Waals surface area contributed by atoms with E-state index in [1.165, 1.54) is 0 Å². The molecular formula is C25H28N2O3. The van der Waals surface area contributed by atoms with Crippen molar-refractivity contribution in [1.82, 2.24) is 4.90 Å². The zero-order chi connectivity index (χ0) is 21.3. The van der Waals surface area contributed by atoms with Gasteiger partial charge in [-0.1, -0.05) is 60.7 Å². The largest absolute Gasteiger partial charge is 0.508 e. The number of phenolic OH excluding ortho intramolecular Hbond substituents is 1. The van der Waals surface area contributed by atoms with Gasteiger partial charge in [-0.25, -0.2) is 0 Å². The summed E-state index contributed by atoms with van der Waals surface area (Å²) in [4.78, 5) is 15.0. The highest BCUT2D eigenvalue weighted by Gasteiger charge is 2.21. The van der Waals surface area contributed by atoms with Gasteiger partial charge in [0.1, 0.15) is 11.5 Å². The third-order valence-electron chi connectivity index (χ3n) is 5.00. The van der Waals surface area contributed by atoms with E-state index >= 15 is 0 Å². The van der Waals surface area contributed by atoms with E-state index < -0.39 is 0 Å². The Hall–Kier alpha value is -3.31. The average molecular weight is 405 g/mol. The second-order valence-corrected chi connectivity index (χ2v) is 7.10. The summed E-state index contributed by atoms with van der Waals surface area (Å²) in [5.41, 5.74) is 2.54. The van der Waals surface area contributed by atoms with E-state index in [9.17, 15) is 9.90 Å². The molecule has 30 heavy (non-hydrogen) atoms. The van der Waals surface area contributed by atoms with Crippen molar-refractivity contribution >= 4 is 11.6 Å². The number of nitrogens with zero attached hydrogens (tertiary/aromatic N) is 1. The molecule has 0 aromatic heterocycles. The molecule has 2 N–H and O–H groups in total. The standard InChI is InChI=1S/C25H28N2O3/c1-3-30-24-16-10-8-14-22(24)26-25(29)18-27(17-21-13-7-9-15-23(21)28)19(2)20-11-5-4-6-12-20/h4-16,19,28H,3,17-18H2,1-2H3,(H,26,29)/t19-/m1/s1. The summed E-state index contributed by atoms with van der Waals surface area (Å²) in [6, 6.07) is 24.7. The van der Waals surface area contributed by atoms with Crippen molar-refractivity contribution in [3.63, 3.8) is 0 Å². The Morgan fingerprint density at radius 3 is 2.40 bits per heavy atom. The second kappa shape index (κ2) is 10.5. The van der Waals surface area contributed by atoms with Crippen LogP contribution in [0, 0.1) is 0 Å². The maximum absolute atomic E-state index is 12.9. The molecule has 0 aliphatic carbocycles. The highest BCUT2D eigenvalue weighted by atomic mass is 16.5. The molecule has 0 heterocycles. The Morgan fingerprint density at radius 1 is 1.00 bits per heavy atom. The van der Waals surface area contributed by atoms with E-state index in [4.69, 9.17) is 4.74 Å². The van der Waals surface area contributed by atoms with Gasteiger partial charge in [-0.15, -0.1) is 0 Å². The lowest BCUT2D eigenvalue weighted by Crippen LogP contribution is -2.35. The number of hydrogen-bond acceptors (Lipinski definition) is 4. The molecule has 3 aromatic rings. The Labute approximate surface area is 177 Å². The molecule has 0 saturated heterocycles. The van der Waals surface area contributed by atoms with Gasteiger partial charge in [0, 0.05) is 18.2 Å². The predicted octanol–water partition coefficient (Wildman–Crippen LogP) is 4.99. The van der Waals surface area contributed by atoms with E-state index in [1.54, 1.807) is 12.1 Å². The zero-order valence-electron chi connectivity index (χ0n) is 17.4. The normalized spacial score (nSPS) is 11.8. The third kappa shape index (κ3) is 5.61. The molecule has 0 spiro atoms. The van der Waals surface area contributed by atoms with Crippen LogP contribution in [0.1, 0.15) is 31.0 Å². The number of nitrogens with one attached hydrogen (secondary N) is 1. The van der Waals surface area contributed by atoms with Crippen LogP contribution >= 0.6 is 0 Å². The highest BCUT2D eigenvalue weighted by Crippen LogP contribution is 2.27. The van der Waals surface area contributed by atoms with Gasteiger partial charge < -0.3 is 15.2 Å². The number of amides is 1. The summed E-state index contributed by atoms with van der Waals surface area (Å²) < 4.78 is 5.61. The number of anilines is 1. The predicted molar refractivity (Wildman–Crippen MR) is 120 cm³/mol. The molecule has 5 heteroatoms. The van der Waals surface area contributed by atoms with Gasteiger partial charge >= 0.3 is 0 Å². The van der Waals surface area contributed by atoms with Gasteiger partial charge in [-0.2, -0.15) is 0 Å². The van der Waals surface area contributed by atoms with Crippen LogP contribution in [-0.4, -0.2) is 29.1 Å². The smallest absolute Gasteiger partial charge is 0.238 e. The topological polar surface area (TPSA) is 61.8 Å². The number of ether oxygens (including phenoxy) is 1. The van der Waals surface area contributed by atoms with Gasteiger partial charge in [0.15, 0.2) is 0 Å². The van der Waals surface area contributed by atoms with Crippen molar-refractivity contribution < 1.29 is 14.6 Å². The monoisotopic (exact) mass is 404 g/mol. The number of rotatable bonds is 9. The number of phenols is 1.